The van der Waals surface area contributed by atoms with E-state index in [0.29, 0.717) is 29.5 Å². The molecule has 3 nitrogen and oxygen atoms in total. The number of ether oxygens (including phenoxy) is 2. The van der Waals surface area contributed by atoms with Crippen molar-refractivity contribution in [2.75, 3.05) is 13.7 Å². The van der Waals surface area contributed by atoms with E-state index in [4.69, 9.17) is 9.47 Å². The van der Waals surface area contributed by atoms with Crippen LogP contribution in [-0.2, 0) is 14.3 Å². The van der Waals surface area contributed by atoms with Crippen molar-refractivity contribution in [3.8, 4) is 0 Å². The summed E-state index contributed by atoms with van der Waals surface area (Å²) in [6, 6.07) is 0. The van der Waals surface area contributed by atoms with Crippen LogP contribution < -0.4 is 0 Å². The molecule has 3 heteroatoms. The first kappa shape index (κ1) is 18.2. The number of methoxy groups -OCH3 is 1. The molecular formula is C24H36O3. The van der Waals surface area contributed by atoms with Crippen LogP contribution in [0.4, 0.5) is 0 Å². The van der Waals surface area contributed by atoms with Crippen molar-refractivity contribution in [1.29, 1.82) is 0 Å². The van der Waals surface area contributed by atoms with Crippen LogP contribution in [0.15, 0.2) is 11.6 Å². The maximum absolute atomic E-state index is 11.6. The largest absolute Gasteiger partial charge is 0.458 e. The van der Waals surface area contributed by atoms with Gasteiger partial charge in [0.15, 0.2) is 0 Å². The first-order valence-electron chi connectivity index (χ1n) is 11.4. The highest BCUT2D eigenvalue weighted by molar-refractivity contribution is 5.85. The Hall–Kier alpha value is -0.830. The van der Waals surface area contributed by atoms with Crippen LogP contribution in [0.5, 0.6) is 0 Å². The fourth-order valence-corrected chi connectivity index (χ4v) is 8.63. The number of fused-ring (bicyclic) bond motifs is 5. The van der Waals surface area contributed by atoms with Crippen molar-refractivity contribution in [3.63, 3.8) is 0 Å². The highest BCUT2D eigenvalue weighted by atomic mass is 16.5. The number of hydrogen-bond acceptors (Lipinski definition) is 3. The molecule has 0 unspecified atom stereocenters. The quantitative estimate of drug-likeness (QED) is 0.629. The van der Waals surface area contributed by atoms with E-state index in [2.05, 4.69) is 13.8 Å². The summed E-state index contributed by atoms with van der Waals surface area (Å²) in [7, 11) is 1.90. The third-order valence-corrected chi connectivity index (χ3v) is 10.1. The molecule has 4 fully saturated rings. The van der Waals surface area contributed by atoms with E-state index in [-0.39, 0.29) is 5.97 Å². The standard InChI is InChI=1S/C24H36O3/c1-23-10-8-17(26-3)13-16(23)4-5-18-20-7-6-19(15-12-22(25)27-14-15)24(20,2)11-9-21(18)23/h12,16-21H,4-11,13-14H2,1-3H3/t16-,17+,18+,19-,20+,21+,23+,24-/m1/s1. The average molecular weight is 373 g/mol. The van der Waals surface area contributed by atoms with Gasteiger partial charge in [-0.1, -0.05) is 13.8 Å². The normalized spacial score (nSPS) is 51.8. The zero-order chi connectivity index (χ0) is 18.8. The second-order valence-corrected chi connectivity index (χ2v) is 10.8. The van der Waals surface area contributed by atoms with E-state index in [1.54, 1.807) is 0 Å². The minimum absolute atomic E-state index is 0.117. The Balaban J connectivity index is 1.39. The smallest absolute Gasteiger partial charge is 0.331 e. The summed E-state index contributed by atoms with van der Waals surface area (Å²) in [6.45, 7) is 5.73. The van der Waals surface area contributed by atoms with Gasteiger partial charge in [-0.25, -0.2) is 4.79 Å². The van der Waals surface area contributed by atoms with Crippen LogP contribution >= 0.6 is 0 Å². The Kier molecular flexibility index (Phi) is 4.28. The van der Waals surface area contributed by atoms with Gasteiger partial charge in [0.2, 0.25) is 0 Å². The highest BCUT2D eigenvalue weighted by Crippen LogP contribution is 2.68. The third kappa shape index (κ3) is 2.59. The third-order valence-electron chi connectivity index (χ3n) is 10.1. The van der Waals surface area contributed by atoms with Crippen molar-refractivity contribution < 1.29 is 14.3 Å². The average Bonchev–Trinajstić information content (AvgIpc) is 3.23. The first-order valence-corrected chi connectivity index (χ1v) is 11.4. The number of esters is 1. The van der Waals surface area contributed by atoms with Gasteiger partial charge in [0.25, 0.3) is 0 Å². The number of carbonyl (C=O) groups is 1. The number of hydrogen-bond donors (Lipinski definition) is 0. The minimum atomic E-state index is -0.117. The molecule has 0 N–H and O–H groups in total. The van der Waals surface area contributed by atoms with Gasteiger partial charge in [-0.15, -0.1) is 0 Å². The molecule has 8 atom stereocenters. The molecule has 0 spiro atoms. The fourth-order valence-electron chi connectivity index (χ4n) is 8.63. The number of carbonyl (C=O) groups excluding carboxylic acids is 1. The molecule has 0 aromatic carbocycles. The van der Waals surface area contributed by atoms with Gasteiger partial charge in [-0.3, -0.25) is 0 Å². The molecule has 27 heavy (non-hydrogen) atoms. The maximum atomic E-state index is 11.6. The zero-order valence-corrected chi connectivity index (χ0v) is 17.3. The lowest BCUT2D eigenvalue weighted by atomic mass is 9.44. The van der Waals surface area contributed by atoms with Crippen molar-refractivity contribution in [2.45, 2.75) is 77.7 Å². The number of rotatable bonds is 2. The Morgan fingerprint density at radius 2 is 1.78 bits per heavy atom. The summed E-state index contributed by atoms with van der Waals surface area (Å²) in [5, 5.41) is 0. The molecule has 150 valence electrons. The summed E-state index contributed by atoms with van der Waals surface area (Å²) in [4.78, 5) is 11.6. The predicted molar refractivity (Wildman–Crippen MR) is 105 cm³/mol. The van der Waals surface area contributed by atoms with E-state index in [1.807, 2.05) is 13.2 Å². The molecule has 5 aliphatic rings. The van der Waals surface area contributed by atoms with Crippen LogP contribution in [0.1, 0.15) is 71.6 Å². The summed E-state index contributed by atoms with van der Waals surface area (Å²) in [6.07, 6.45) is 14.4. The van der Waals surface area contributed by atoms with Gasteiger partial charge in [0.1, 0.15) is 6.61 Å². The number of cyclic esters (lactones) is 1. The minimum Gasteiger partial charge on any atom is -0.458 e. The van der Waals surface area contributed by atoms with Crippen molar-refractivity contribution >= 4 is 5.97 Å². The Bertz CT molecular complexity index is 654. The monoisotopic (exact) mass is 372 g/mol. The lowest BCUT2D eigenvalue weighted by molar-refractivity contribution is -0.135. The molecule has 4 aliphatic carbocycles. The molecule has 0 aromatic rings. The lowest BCUT2D eigenvalue weighted by Gasteiger charge is -2.61. The summed E-state index contributed by atoms with van der Waals surface area (Å²) in [5.41, 5.74) is 2.21. The van der Waals surface area contributed by atoms with Gasteiger partial charge >= 0.3 is 5.97 Å². The molecule has 0 amide bonds. The topological polar surface area (TPSA) is 35.5 Å². The fraction of sp³-hybridized carbons (Fsp3) is 0.875. The summed E-state index contributed by atoms with van der Waals surface area (Å²) in [5.74, 6) is 3.96. The van der Waals surface area contributed by atoms with Crippen molar-refractivity contribution in [2.24, 2.45) is 40.4 Å². The van der Waals surface area contributed by atoms with E-state index in [9.17, 15) is 4.79 Å². The first-order chi connectivity index (χ1) is 13.0. The van der Waals surface area contributed by atoms with E-state index < -0.39 is 0 Å². The zero-order valence-electron chi connectivity index (χ0n) is 17.3. The maximum Gasteiger partial charge on any atom is 0.331 e. The Labute approximate surface area is 164 Å². The Morgan fingerprint density at radius 1 is 1.00 bits per heavy atom. The molecular weight excluding hydrogens is 336 g/mol. The molecule has 0 saturated heterocycles. The Morgan fingerprint density at radius 3 is 2.52 bits per heavy atom. The van der Waals surface area contributed by atoms with E-state index >= 15 is 0 Å². The molecule has 0 radical (unpaired) electrons. The second kappa shape index (κ2) is 6.34. The van der Waals surface area contributed by atoms with Gasteiger partial charge in [-0.2, -0.15) is 0 Å². The van der Waals surface area contributed by atoms with Crippen LogP contribution in [0, 0.1) is 40.4 Å². The van der Waals surface area contributed by atoms with Crippen LogP contribution in [0.3, 0.4) is 0 Å². The SMILES string of the molecule is CO[C@H]1CC[C@@]2(C)[C@H](CC[C@@H]3[C@@H]2CC[C@]2(C)[C@@H](C4=CC(=O)OC4)CC[C@@H]32)C1. The van der Waals surface area contributed by atoms with Crippen LogP contribution in [-0.4, -0.2) is 25.8 Å². The molecule has 0 bridgehead atoms. The molecule has 5 rings (SSSR count). The molecule has 1 heterocycles. The van der Waals surface area contributed by atoms with Gasteiger partial charge in [0.05, 0.1) is 6.10 Å². The van der Waals surface area contributed by atoms with Gasteiger partial charge in [-0.05, 0) is 104 Å². The molecule has 1 aliphatic heterocycles. The van der Waals surface area contributed by atoms with Crippen molar-refractivity contribution in [1.82, 2.24) is 0 Å². The van der Waals surface area contributed by atoms with Crippen LogP contribution in [0.25, 0.3) is 0 Å². The highest BCUT2D eigenvalue weighted by Gasteiger charge is 2.60. The van der Waals surface area contributed by atoms with Gasteiger partial charge < -0.3 is 9.47 Å². The lowest BCUT2D eigenvalue weighted by Crippen LogP contribution is -2.54. The van der Waals surface area contributed by atoms with E-state index in [1.165, 1.54) is 63.4 Å². The second-order valence-electron chi connectivity index (χ2n) is 10.8. The van der Waals surface area contributed by atoms with E-state index in [0.717, 1.165) is 23.7 Å². The van der Waals surface area contributed by atoms with Gasteiger partial charge in [0, 0.05) is 13.2 Å². The molecule has 0 aromatic heterocycles. The predicted octanol–water partition coefficient (Wildman–Crippen LogP) is 5.14. The molecule has 4 saturated carbocycles. The van der Waals surface area contributed by atoms with Crippen molar-refractivity contribution in [3.05, 3.63) is 11.6 Å². The van der Waals surface area contributed by atoms with Crippen LogP contribution in [0.2, 0.25) is 0 Å². The summed E-state index contributed by atoms with van der Waals surface area (Å²) >= 11 is 0. The summed E-state index contributed by atoms with van der Waals surface area (Å²) < 4.78 is 11.0.